The van der Waals surface area contributed by atoms with E-state index in [0.29, 0.717) is 30.1 Å². The van der Waals surface area contributed by atoms with Crippen LogP contribution in [0.15, 0.2) is 66.7 Å². The number of ether oxygens (including phenoxy) is 4. The molecule has 0 unspecified atom stereocenters. The number of para-hydroxylation sites is 1. The third-order valence-electron chi connectivity index (χ3n) is 5.74. The van der Waals surface area contributed by atoms with Crippen LogP contribution in [0.5, 0.6) is 17.2 Å². The van der Waals surface area contributed by atoms with Crippen LogP contribution in [0.4, 0.5) is 0 Å². The maximum atomic E-state index is 14.0. The fourth-order valence-electron chi connectivity index (χ4n) is 3.85. The van der Waals surface area contributed by atoms with Gasteiger partial charge in [0.25, 0.3) is 0 Å². The van der Waals surface area contributed by atoms with Gasteiger partial charge in [-0.1, -0.05) is 25.5 Å². The molecule has 1 aromatic heterocycles. The van der Waals surface area contributed by atoms with Crippen molar-refractivity contribution in [3.8, 4) is 27.7 Å². The number of methoxy groups -OCH3 is 2. The van der Waals surface area contributed by atoms with Crippen molar-refractivity contribution in [2.24, 2.45) is 0 Å². The van der Waals surface area contributed by atoms with Gasteiger partial charge >= 0.3 is 0 Å². The van der Waals surface area contributed by atoms with Crippen molar-refractivity contribution in [2.75, 3.05) is 34.0 Å². The zero-order valence-corrected chi connectivity index (χ0v) is 21.2. The second-order valence-corrected chi connectivity index (χ2v) is 9.09. The summed E-state index contributed by atoms with van der Waals surface area (Å²) in [5.41, 5.74) is 2.15. The fourth-order valence-corrected chi connectivity index (χ4v) is 5.08. The van der Waals surface area contributed by atoms with Crippen molar-refractivity contribution in [3.63, 3.8) is 0 Å². The summed E-state index contributed by atoms with van der Waals surface area (Å²) in [7, 11) is 3.28. The molecule has 0 N–H and O–H groups in total. The first-order valence-electron chi connectivity index (χ1n) is 11.8. The van der Waals surface area contributed by atoms with Crippen LogP contribution in [0.3, 0.4) is 0 Å². The highest BCUT2D eigenvalue weighted by atomic mass is 32.1. The summed E-state index contributed by atoms with van der Waals surface area (Å²) in [6.07, 6.45) is 2.12. The van der Waals surface area contributed by atoms with E-state index in [4.69, 9.17) is 18.9 Å². The molecule has 0 saturated carbocycles. The Morgan fingerprint density at radius 1 is 0.857 bits per heavy atom. The molecule has 0 aliphatic rings. The molecule has 0 saturated heterocycles. The second-order valence-electron chi connectivity index (χ2n) is 8.04. The van der Waals surface area contributed by atoms with Crippen LogP contribution in [0.1, 0.15) is 35.7 Å². The molecule has 0 atom stereocenters. The Hall–Kier alpha value is -3.35. The molecule has 0 amide bonds. The number of rotatable bonds is 12. The lowest BCUT2D eigenvalue weighted by molar-refractivity contribution is 0.0955. The summed E-state index contributed by atoms with van der Waals surface area (Å²) in [5, 5.41) is 0.893. The molecule has 1 heterocycles. The van der Waals surface area contributed by atoms with E-state index in [2.05, 4.69) is 6.92 Å². The van der Waals surface area contributed by atoms with E-state index >= 15 is 0 Å². The topological polar surface area (TPSA) is 54.0 Å². The molecule has 182 valence electrons. The fraction of sp³-hybridized carbons (Fsp3) is 0.276. The lowest BCUT2D eigenvalue weighted by atomic mass is 9.97. The monoisotopic (exact) mass is 490 g/mol. The van der Waals surface area contributed by atoms with Gasteiger partial charge in [0.05, 0.1) is 26.4 Å². The van der Waals surface area contributed by atoms with E-state index in [1.165, 1.54) is 0 Å². The Morgan fingerprint density at radius 2 is 1.60 bits per heavy atom. The van der Waals surface area contributed by atoms with Crippen molar-refractivity contribution >= 4 is 27.2 Å². The average molecular weight is 491 g/mol. The first-order chi connectivity index (χ1) is 17.2. The summed E-state index contributed by atoms with van der Waals surface area (Å²) < 4.78 is 23.3. The first-order valence-corrected chi connectivity index (χ1v) is 12.6. The lowest BCUT2D eigenvalue weighted by Gasteiger charge is -2.12. The number of fused-ring (bicyclic) bond motifs is 1. The van der Waals surface area contributed by atoms with Crippen molar-refractivity contribution < 1.29 is 23.7 Å². The van der Waals surface area contributed by atoms with Crippen molar-refractivity contribution in [1.82, 2.24) is 0 Å². The van der Waals surface area contributed by atoms with Crippen molar-refractivity contribution in [1.29, 1.82) is 0 Å². The summed E-state index contributed by atoms with van der Waals surface area (Å²) in [5.74, 6) is 2.01. The number of unbranched alkanes of at least 4 members (excludes halogenated alkanes) is 1. The van der Waals surface area contributed by atoms with Crippen LogP contribution in [0.25, 0.3) is 20.5 Å². The molecule has 0 bridgehead atoms. The normalized spacial score (nSPS) is 10.9. The quantitative estimate of drug-likeness (QED) is 0.158. The molecule has 5 nitrogen and oxygen atoms in total. The summed E-state index contributed by atoms with van der Waals surface area (Å²) in [6, 6.07) is 21.0. The highest BCUT2D eigenvalue weighted by molar-refractivity contribution is 7.22. The average Bonchev–Trinajstić information content (AvgIpc) is 3.29. The second kappa shape index (κ2) is 11.9. The minimum absolute atomic E-state index is 0.0743. The van der Waals surface area contributed by atoms with Gasteiger partial charge in [-0.05, 0) is 66.6 Å². The maximum absolute atomic E-state index is 14.0. The van der Waals surface area contributed by atoms with Gasteiger partial charge in [0.15, 0.2) is 5.78 Å². The van der Waals surface area contributed by atoms with E-state index in [9.17, 15) is 4.79 Å². The SMILES string of the molecule is CCCCOCCOc1ccccc1C(=O)c1c(-c2ccc(OC)cc2)sc2cc(OC)ccc12. The molecule has 0 radical (unpaired) electrons. The molecule has 0 aliphatic heterocycles. The highest BCUT2D eigenvalue weighted by Gasteiger charge is 2.24. The van der Waals surface area contributed by atoms with Gasteiger partial charge in [0, 0.05) is 27.1 Å². The van der Waals surface area contributed by atoms with E-state index in [1.807, 2.05) is 66.7 Å². The Bertz CT molecular complexity index is 1280. The van der Waals surface area contributed by atoms with E-state index < -0.39 is 0 Å². The molecule has 3 aromatic carbocycles. The van der Waals surface area contributed by atoms with Crippen LogP contribution in [0, 0.1) is 0 Å². The molecular formula is C29H30O5S. The minimum atomic E-state index is -0.0743. The Balaban J connectivity index is 1.71. The molecule has 0 aliphatic carbocycles. The summed E-state index contributed by atoms with van der Waals surface area (Å²) in [4.78, 5) is 14.9. The number of hydrogen-bond donors (Lipinski definition) is 0. The van der Waals surface area contributed by atoms with Gasteiger partial charge in [0.2, 0.25) is 0 Å². The predicted octanol–water partition coefficient (Wildman–Crippen LogP) is 7.01. The zero-order chi connectivity index (χ0) is 24.6. The van der Waals surface area contributed by atoms with Gasteiger partial charge in [-0.3, -0.25) is 4.79 Å². The zero-order valence-electron chi connectivity index (χ0n) is 20.3. The molecule has 35 heavy (non-hydrogen) atoms. The predicted molar refractivity (Wildman–Crippen MR) is 141 cm³/mol. The molecule has 0 spiro atoms. The summed E-state index contributed by atoms with van der Waals surface area (Å²) in [6.45, 7) is 3.73. The number of carbonyl (C=O) groups is 1. The van der Waals surface area contributed by atoms with Crippen molar-refractivity contribution in [2.45, 2.75) is 19.8 Å². The van der Waals surface area contributed by atoms with E-state index in [1.54, 1.807) is 25.6 Å². The van der Waals surface area contributed by atoms with E-state index in [-0.39, 0.29) is 5.78 Å². The van der Waals surface area contributed by atoms with Crippen LogP contribution < -0.4 is 14.2 Å². The number of benzene rings is 3. The van der Waals surface area contributed by atoms with Gasteiger partial charge < -0.3 is 18.9 Å². The molecule has 4 aromatic rings. The minimum Gasteiger partial charge on any atom is -0.497 e. The van der Waals surface area contributed by atoms with E-state index in [0.717, 1.165) is 51.5 Å². The largest absolute Gasteiger partial charge is 0.497 e. The van der Waals surface area contributed by atoms with Gasteiger partial charge in [-0.15, -0.1) is 11.3 Å². The standard InChI is InChI=1S/C29H30O5S/c1-4-5-16-33-17-18-34-25-9-7-6-8-23(25)28(30)27-24-15-14-22(32-3)19-26(24)35-29(27)20-10-12-21(31-2)13-11-20/h6-15,19H,4-5,16-18H2,1-3H3. The van der Waals surface area contributed by atoms with Gasteiger partial charge in [-0.2, -0.15) is 0 Å². The smallest absolute Gasteiger partial charge is 0.198 e. The third-order valence-corrected chi connectivity index (χ3v) is 6.94. The van der Waals surface area contributed by atoms with Crippen LogP contribution in [0.2, 0.25) is 0 Å². The number of carbonyl (C=O) groups excluding carboxylic acids is 1. The number of hydrogen-bond acceptors (Lipinski definition) is 6. The molecular weight excluding hydrogens is 460 g/mol. The third kappa shape index (κ3) is 5.66. The number of thiophene rings is 1. The number of ketones is 1. The lowest BCUT2D eigenvalue weighted by Crippen LogP contribution is -2.11. The van der Waals surface area contributed by atoms with Gasteiger partial charge in [0.1, 0.15) is 23.9 Å². The first kappa shape index (κ1) is 24.8. The Morgan fingerprint density at radius 3 is 2.34 bits per heavy atom. The van der Waals surface area contributed by atoms with Crippen LogP contribution >= 0.6 is 11.3 Å². The highest BCUT2D eigenvalue weighted by Crippen LogP contribution is 2.42. The molecule has 6 heteroatoms. The maximum Gasteiger partial charge on any atom is 0.198 e. The Labute approximate surface area is 210 Å². The summed E-state index contributed by atoms with van der Waals surface area (Å²) >= 11 is 1.58. The molecule has 4 rings (SSSR count). The van der Waals surface area contributed by atoms with Crippen LogP contribution in [-0.4, -0.2) is 39.8 Å². The van der Waals surface area contributed by atoms with Crippen molar-refractivity contribution in [3.05, 3.63) is 77.9 Å². The Kier molecular flexibility index (Phi) is 8.40. The van der Waals surface area contributed by atoms with Crippen LogP contribution in [-0.2, 0) is 4.74 Å². The molecule has 0 fully saturated rings. The van der Waals surface area contributed by atoms with Gasteiger partial charge in [-0.25, -0.2) is 0 Å².